The number of aliphatic hydroxyl groups is 1. The van der Waals surface area contributed by atoms with Gasteiger partial charge in [-0.3, -0.25) is 0 Å². The van der Waals surface area contributed by atoms with Crippen LogP contribution in [0.4, 0.5) is 0 Å². The van der Waals surface area contributed by atoms with E-state index in [0.29, 0.717) is 11.8 Å². The Labute approximate surface area is 115 Å². The Hall–Kier alpha value is -1.06. The fourth-order valence-electron chi connectivity index (χ4n) is 3.37. The van der Waals surface area contributed by atoms with Crippen molar-refractivity contribution in [2.45, 2.75) is 37.7 Å². The number of ether oxygens (including phenoxy) is 1. The Kier molecular flexibility index (Phi) is 4.04. The molecule has 1 aromatic rings. The Morgan fingerprint density at radius 3 is 2.84 bits per heavy atom. The van der Waals surface area contributed by atoms with Crippen LogP contribution >= 0.6 is 0 Å². The van der Waals surface area contributed by atoms with Crippen LogP contribution in [-0.4, -0.2) is 30.9 Å². The van der Waals surface area contributed by atoms with E-state index in [4.69, 9.17) is 4.74 Å². The SMILES string of the molecule is OC(CC1CCOc2ccccc21)C1CCNCC1. The van der Waals surface area contributed by atoms with Gasteiger partial charge >= 0.3 is 0 Å². The summed E-state index contributed by atoms with van der Waals surface area (Å²) in [6.07, 6.45) is 3.94. The smallest absolute Gasteiger partial charge is 0.122 e. The van der Waals surface area contributed by atoms with Crippen LogP contribution in [0, 0.1) is 5.92 Å². The fourth-order valence-corrected chi connectivity index (χ4v) is 3.37. The summed E-state index contributed by atoms with van der Waals surface area (Å²) in [4.78, 5) is 0. The van der Waals surface area contributed by atoms with Crippen molar-refractivity contribution >= 4 is 0 Å². The molecule has 19 heavy (non-hydrogen) atoms. The molecular weight excluding hydrogens is 238 g/mol. The molecule has 2 aliphatic rings. The maximum absolute atomic E-state index is 10.5. The number of benzene rings is 1. The molecule has 2 heterocycles. The number of aliphatic hydroxyl groups excluding tert-OH is 1. The van der Waals surface area contributed by atoms with Crippen molar-refractivity contribution in [1.82, 2.24) is 5.32 Å². The standard InChI is InChI=1S/C16H23NO2/c18-15(12-5-8-17-9-6-12)11-13-7-10-19-16-4-2-1-3-14(13)16/h1-4,12-13,15,17-18H,5-11H2. The monoisotopic (exact) mass is 261 g/mol. The van der Waals surface area contributed by atoms with Gasteiger partial charge in [0.15, 0.2) is 0 Å². The highest BCUT2D eigenvalue weighted by atomic mass is 16.5. The first-order valence-electron chi connectivity index (χ1n) is 7.45. The molecule has 0 radical (unpaired) electrons. The van der Waals surface area contributed by atoms with Crippen molar-refractivity contribution in [2.75, 3.05) is 19.7 Å². The highest BCUT2D eigenvalue weighted by Crippen LogP contribution is 2.37. The Balaban J connectivity index is 1.66. The van der Waals surface area contributed by atoms with Crippen LogP contribution in [0.3, 0.4) is 0 Å². The van der Waals surface area contributed by atoms with E-state index in [9.17, 15) is 5.11 Å². The summed E-state index contributed by atoms with van der Waals surface area (Å²) in [6.45, 7) is 2.87. The summed E-state index contributed by atoms with van der Waals surface area (Å²) in [6, 6.07) is 8.27. The highest BCUT2D eigenvalue weighted by molar-refractivity contribution is 5.37. The normalized spacial score (nSPS) is 25.4. The number of nitrogens with one attached hydrogen (secondary N) is 1. The van der Waals surface area contributed by atoms with Gasteiger partial charge in [-0.2, -0.15) is 0 Å². The molecule has 0 aromatic heterocycles. The first kappa shape index (κ1) is 12.9. The van der Waals surface area contributed by atoms with Crippen LogP contribution in [0.2, 0.25) is 0 Å². The van der Waals surface area contributed by atoms with Gasteiger partial charge in [0.25, 0.3) is 0 Å². The summed E-state index contributed by atoms with van der Waals surface area (Å²) in [7, 11) is 0. The Morgan fingerprint density at radius 2 is 2.00 bits per heavy atom. The second kappa shape index (κ2) is 5.93. The van der Waals surface area contributed by atoms with Crippen LogP contribution < -0.4 is 10.1 Å². The van der Waals surface area contributed by atoms with Crippen LogP contribution in [0.15, 0.2) is 24.3 Å². The van der Waals surface area contributed by atoms with E-state index in [2.05, 4.69) is 17.4 Å². The van der Waals surface area contributed by atoms with Crippen molar-refractivity contribution in [2.24, 2.45) is 5.92 Å². The molecule has 3 nitrogen and oxygen atoms in total. The highest BCUT2D eigenvalue weighted by Gasteiger charge is 2.28. The molecule has 0 spiro atoms. The molecule has 0 bridgehead atoms. The zero-order chi connectivity index (χ0) is 13.1. The molecule has 0 amide bonds. The maximum atomic E-state index is 10.5. The maximum Gasteiger partial charge on any atom is 0.122 e. The van der Waals surface area contributed by atoms with Gasteiger partial charge in [0.2, 0.25) is 0 Å². The molecule has 2 unspecified atom stereocenters. The van der Waals surface area contributed by atoms with Crippen LogP contribution in [0.1, 0.15) is 37.2 Å². The summed E-state index contributed by atoms with van der Waals surface area (Å²) in [5.74, 6) is 1.93. The average Bonchev–Trinajstić information content (AvgIpc) is 2.48. The summed E-state index contributed by atoms with van der Waals surface area (Å²) in [5, 5.41) is 13.8. The zero-order valence-electron chi connectivity index (χ0n) is 11.3. The predicted octanol–water partition coefficient (Wildman–Crippen LogP) is 2.30. The minimum Gasteiger partial charge on any atom is -0.493 e. The van der Waals surface area contributed by atoms with Crippen molar-refractivity contribution in [1.29, 1.82) is 0 Å². The summed E-state index contributed by atoms with van der Waals surface area (Å²) >= 11 is 0. The van der Waals surface area contributed by atoms with Crippen molar-refractivity contribution < 1.29 is 9.84 Å². The average molecular weight is 261 g/mol. The third-order valence-corrected chi connectivity index (χ3v) is 4.54. The topological polar surface area (TPSA) is 41.5 Å². The lowest BCUT2D eigenvalue weighted by atomic mass is 9.82. The molecule has 2 atom stereocenters. The molecule has 1 saturated heterocycles. The number of hydrogen-bond acceptors (Lipinski definition) is 3. The Morgan fingerprint density at radius 1 is 1.21 bits per heavy atom. The van der Waals surface area contributed by atoms with Crippen LogP contribution in [0.5, 0.6) is 5.75 Å². The second-order valence-corrected chi connectivity index (χ2v) is 5.76. The number of para-hydroxylation sites is 1. The van der Waals surface area contributed by atoms with E-state index in [1.54, 1.807) is 0 Å². The van der Waals surface area contributed by atoms with E-state index in [-0.39, 0.29) is 6.10 Å². The summed E-state index contributed by atoms with van der Waals surface area (Å²) < 4.78 is 5.69. The molecule has 0 aliphatic carbocycles. The number of piperidine rings is 1. The van der Waals surface area contributed by atoms with Gasteiger partial charge in [0, 0.05) is 0 Å². The summed E-state index contributed by atoms with van der Waals surface area (Å²) in [5.41, 5.74) is 1.28. The first-order valence-corrected chi connectivity index (χ1v) is 7.45. The molecule has 1 aromatic carbocycles. The molecule has 1 fully saturated rings. The van der Waals surface area contributed by atoms with Gasteiger partial charge < -0.3 is 15.2 Å². The van der Waals surface area contributed by atoms with Gasteiger partial charge in [-0.1, -0.05) is 18.2 Å². The van der Waals surface area contributed by atoms with E-state index in [0.717, 1.165) is 51.1 Å². The van der Waals surface area contributed by atoms with E-state index in [1.807, 2.05) is 12.1 Å². The van der Waals surface area contributed by atoms with Crippen molar-refractivity contribution in [3.63, 3.8) is 0 Å². The third kappa shape index (κ3) is 2.93. The van der Waals surface area contributed by atoms with Gasteiger partial charge in [-0.25, -0.2) is 0 Å². The number of fused-ring (bicyclic) bond motifs is 1. The molecule has 104 valence electrons. The molecule has 3 rings (SSSR count). The van der Waals surface area contributed by atoms with Crippen LogP contribution in [-0.2, 0) is 0 Å². The van der Waals surface area contributed by atoms with Gasteiger partial charge in [0.05, 0.1) is 12.7 Å². The largest absolute Gasteiger partial charge is 0.493 e. The lowest BCUT2D eigenvalue weighted by Gasteiger charge is -2.32. The minimum absolute atomic E-state index is 0.168. The third-order valence-electron chi connectivity index (χ3n) is 4.54. The predicted molar refractivity (Wildman–Crippen MR) is 75.5 cm³/mol. The van der Waals surface area contributed by atoms with E-state index in [1.165, 1.54) is 5.56 Å². The Bertz CT molecular complexity index is 415. The van der Waals surface area contributed by atoms with Gasteiger partial charge in [-0.15, -0.1) is 0 Å². The van der Waals surface area contributed by atoms with Crippen molar-refractivity contribution in [3.05, 3.63) is 29.8 Å². The molecule has 0 saturated carbocycles. The number of rotatable bonds is 3. The van der Waals surface area contributed by atoms with E-state index < -0.39 is 0 Å². The van der Waals surface area contributed by atoms with Gasteiger partial charge in [0.1, 0.15) is 5.75 Å². The van der Waals surface area contributed by atoms with Crippen LogP contribution in [0.25, 0.3) is 0 Å². The quantitative estimate of drug-likeness (QED) is 0.877. The number of hydrogen-bond donors (Lipinski definition) is 2. The fraction of sp³-hybridized carbons (Fsp3) is 0.625. The minimum atomic E-state index is -0.168. The lowest BCUT2D eigenvalue weighted by Crippen LogP contribution is -2.35. The molecular formula is C16H23NO2. The molecule has 2 N–H and O–H groups in total. The molecule has 2 aliphatic heterocycles. The molecule has 3 heteroatoms. The van der Waals surface area contributed by atoms with Crippen molar-refractivity contribution in [3.8, 4) is 5.75 Å². The lowest BCUT2D eigenvalue weighted by molar-refractivity contribution is 0.0695. The van der Waals surface area contributed by atoms with Gasteiger partial charge in [-0.05, 0) is 62.2 Å². The van der Waals surface area contributed by atoms with E-state index >= 15 is 0 Å². The first-order chi connectivity index (χ1) is 9.34. The zero-order valence-corrected chi connectivity index (χ0v) is 11.3. The second-order valence-electron chi connectivity index (χ2n) is 5.76.